The molecule has 1 aromatic carbocycles. The van der Waals surface area contributed by atoms with E-state index in [9.17, 15) is 10.4 Å². The van der Waals surface area contributed by atoms with Crippen LogP contribution >= 0.6 is 0 Å². The minimum Gasteiger partial charge on any atom is -0.382 e. The molecule has 1 saturated heterocycles. The molecule has 0 radical (unpaired) electrons. The Hall–Kier alpha value is -3.24. The van der Waals surface area contributed by atoms with Crippen molar-refractivity contribution in [1.29, 1.82) is 5.26 Å². The number of nitrogens with zero attached hydrogens (tertiary/aromatic N) is 6. The maximum absolute atomic E-state index is 10.5. The molecule has 0 aliphatic carbocycles. The van der Waals surface area contributed by atoms with Gasteiger partial charge in [0.25, 0.3) is 0 Å². The summed E-state index contributed by atoms with van der Waals surface area (Å²) in [6.07, 6.45) is 4.80. The van der Waals surface area contributed by atoms with Crippen LogP contribution in [0.2, 0.25) is 0 Å². The van der Waals surface area contributed by atoms with Gasteiger partial charge < -0.3 is 10.0 Å². The Morgan fingerprint density at radius 2 is 1.93 bits per heavy atom. The van der Waals surface area contributed by atoms with Crippen molar-refractivity contribution < 1.29 is 5.11 Å². The number of aliphatic hydroxyl groups excluding tert-OH is 1. The molecule has 0 unspecified atom stereocenters. The van der Waals surface area contributed by atoms with Gasteiger partial charge in [-0.05, 0) is 36.5 Å². The van der Waals surface area contributed by atoms with Crippen molar-refractivity contribution in [3.05, 3.63) is 71.7 Å². The lowest BCUT2D eigenvalue weighted by molar-refractivity contribution is 0.215. The smallest absolute Gasteiger partial charge is 0.146 e. The van der Waals surface area contributed by atoms with Gasteiger partial charge in [-0.15, -0.1) is 5.10 Å². The van der Waals surface area contributed by atoms with Crippen molar-refractivity contribution in [2.75, 3.05) is 18.0 Å². The lowest BCUT2D eigenvalue weighted by Crippen LogP contribution is -2.36. The highest BCUT2D eigenvalue weighted by Gasteiger charge is 2.23. The van der Waals surface area contributed by atoms with Crippen LogP contribution in [0.3, 0.4) is 0 Å². The predicted octanol–water partition coefficient (Wildman–Crippen LogP) is 2.54. The highest BCUT2D eigenvalue weighted by molar-refractivity contribution is 5.53. The monoisotopic (exact) mass is 374 g/mol. The average molecular weight is 374 g/mol. The second-order valence-electron chi connectivity index (χ2n) is 7.10. The normalized spacial score (nSPS) is 15.9. The van der Waals surface area contributed by atoms with Crippen molar-refractivity contribution >= 4 is 5.82 Å². The Bertz CT molecular complexity index is 956. The summed E-state index contributed by atoms with van der Waals surface area (Å²) in [7, 11) is 0. The van der Waals surface area contributed by atoms with E-state index in [1.54, 1.807) is 12.3 Å². The molecule has 0 amide bonds. The molecule has 2 aromatic heterocycles. The minimum atomic E-state index is -0.759. The number of anilines is 1. The third-order valence-electron chi connectivity index (χ3n) is 5.22. The first-order valence-electron chi connectivity index (χ1n) is 9.47. The van der Waals surface area contributed by atoms with Gasteiger partial charge >= 0.3 is 0 Å². The van der Waals surface area contributed by atoms with Gasteiger partial charge in [0.1, 0.15) is 23.7 Å². The van der Waals surface area contributed by atoms with Crippen molar-refractivity contribution in [2.45, 2.75) is 25.5 Å². The number of nitriles is 1. The maximum Gasteiger partial charge on any atom is 0.146 e. The number of piperidine rings is 1. The molecule has 1 aliphatic heterocycles. The van der Waals surface area contributed by atoms with Crippen LogP contribution in [-0.2, 0) is 6.54 Å². The zero-order chi connectivity index (χ0) is 19.3. The highest BCUT2D eigenvalue weighted by Crippen LogP contribution is 2.25. The van der Waals surface area contributed by atoms with E-state index < -0.39 is 6.10 Å². The summed E-state index contributed by atoms with van der Waals surface area (Å²) in [5.74, 6) is 1.26. The fourth-order valence-corrected chi connectivity index (χ4v) is 3.66. The zero-order valence-electron chi connectivity index (χ0n) is 15.5. The van der Waals surface area contributed by atoms with E-state index in [0.717, 1.165) is 43.9 Å². The Kier molecular flexibility index (Phi) is 5.31. The third kappa shape index (κ3) is 3.87. The van der Waals surface area contributed by atoms with Gasteiger partial charge in [0.2, 0.25) is 0 Å². The number of benzene rings is 1. The molecule has 1 fully saturated rings. The molecule has 7 nitrogen and oxygen atoms in total. The Balaban J connectivity index is 1.36. The van der Waals surface area contributed by atoms with Crippen molar-refractivity contribution in [2.24, 2.45) is 5.92 Å². The lowest BCUT2D eigenvalue weighted by Gasteiger charge is -2.33. The highest BCUT2D eigenvalue weighted by atomic mass is 16.3. The molecule has 142 valence electrons. The number of pyridine rings is 1. The average Bonchev–Trinajstić information content (AvgIpc) is 3.23. The van der Waals surface area contributed by atoms with E-state index in [1.165, 1.54) is 0 Å². The molecule has 0 saturated carbocycles. The number of hydrogen-bond acceptors (Lipinski definition) is 6. The van der Waals surface area contributed by atoms with Gasteiger partial charge in [-0.3, -0.25) is 4.68 Å². The molecule has 7 heteroatoms. The number of rotatable bonds is 5. The van der Waals surface area contributed by atoms with Gasteiger partial charge in [0.05, 0.1) is 11.8 Å². The maximum atomic E-state index is 10.5. The number of aromatic nitrogens is 4. The summed E-state index contributed by atoms with van der Waals surface area (Å²) >= 11 is 0. The van der Waals surface area contributed by atoms with Crippen molar-refractivity contribution in [3.8, 4) is 6.07 Å². The number of hydrogen-bond donors (Lipinski definition) is 1. The van der Waals surface area contributed by atoms with Crippen LogP contribution in [-0.4, -0.2) is 38.2 Å². The van der Waals surface area contributed by atoms with Crippen LogP contribution < -0.4 is 4.90 Å². The molecular weight excluding hydrogens is 352 g/mol. The van der Waals surface area contributed by atoms with E-state index >= 15 is 0 Å². The predicted molar refractivity (Wildman–Crippen MR) is 104 cm³/mol. The van der Waals surface area contributed by atoms with Crippen molar-refractivity contribution in [3.63, 3.8) is 0 Å². The van der Waals surface area contributed by atoms with E-state index in [4.69, 9.17) is 0 Å². The van der Waals surface area contributed by atoms with Crippen LogP contribution in [0.15, 0.2) is 54.9 Å². The summed E-state index contributed by atoms with van der Waals surface area (Å²) in [6.45, 7) is 2.50. The molecule has 3 heterocycles. The van der Waals surface area contributed by atoms with Crippen LogP contribution in [0, 0.1) is 17.2 Å². The number of aliphatic hydroxyl groups is 1. The van der Waals surface area contributed by atoms with E-state index in [1.807, 2.05) is 47.3 Å². The van der Waals surface area contributed by atoms with Gasteiger partial charge in [-0.2, -0.15) is 5.26 Å². The van der Waals surface area contributed by atoms with Crippen molar-refractivity contribution in [1.82, 2.24) is 20.0 Å². The Morgan fingerprint density at radius 1 is 1.14 bits per heavy atom. The molecule has 1 N–H and O–H groups in total. The summed E-state index contributed by atoms with van der Waals surface area (Å²) in [5.41, 5.74) is 2.00. The van der Waals surface area contributed by atoms with Crippen LogP contribution in [0.4, 0.5) is 5.82 Å². The molecular formula is C21H22N6O. The summed E-state index contributed by atoms with van der Waals surface area (Å²) in [5, 5.41) is 28.1. The standard InChI is InChI=1S/C21H22N6O/c22-13-18-7-4-10-23-21(18)26-11-8-16(9-12-26)14-27-15-19(24-25-27)20(28)17-5-2-1-3-6-17/h1-7,10,15-16,20,28H,8-9,11-12,14H2/t20-/m0/s1. The second kappa shape index (κ2) is 8.19. The second-order valence-corrected chi connectivity index (χ2v) is 7.10. The summed E-state index contributed by atoms with van der Waals surface area (Å²) < 4.78 is 1.82. The van der Waals surface area contributed by atoms with Gasteiger partial charge in [0, 0.05) is 25.8 Å². The molecule has 0 bridgehead atoms. The molecule has 0 spiro atoms. The van der Waals surface area contributed by atoms with Gasteiger partial charge in [-0.25, -0.2) is 4.98 Å². The first kappa shape index (κ1) is 18.1. The summed E-state index contributed by atoms with van der Waals surface area (Å²) in [4.78, 5) is 6.56. The van der Waals surface area contributed by atoms with Crippen LogP contribution in [0.5, 0.6) is 0 Å². The van der Waals surface area contributed by atoms with Crippen LogP contribution in [0.1, 0.15) is 35.8 Å². The third-order valence-corrected chi connectivity index (χ3v) is 5.22. The SMILES string of the molecule is N#Cc1cccnc1N1CCC(Cn2cc([C@@H](O)c3ccccc3)nn2)CC1. The summed E-state index contributed by atoms with van der Waals surface area (Å²) in [6, 6.07) is 15.3. The molecule has 4 rings (SSSR count). The first-order valence-corrected chi connectivity index (χ1v) is 9.47. The van der Waals surface area contributed by atoms with Crippen LogP contribution in [0.25, 0.3) is 0 Å². The van der Waals surface area contributed by atoms with E-state index in [0.29, 0.717) is 17.2 Å². The van der Waals surface area contributed by atoms with Gasteiger partial charge in [0.15, 0.2) is 0 Å². The first-order chi connectivity index (χ1) is 13.7. The molecule has 3 aromatic rings. The minimum absolute atomic E-state index is 0.480. The Morgan fingerprint density at radius 3 is 2.68 bits per heavy atom. The van der Waals surface area contributed by atoms with E-state index in [-0.39, 0.29) is 0 Å². The fraction of sp³-hybridized carbons (Fsp3) is 0.333. The molecule has 1 atom stereocenters. The van der Waals surface area contributed by atoms with Gasteiger partial charge in [-0.1, -0.05) is 35.5 Å². The Labute approximate surface area is 163 Å². The molecule has 1 aliphatic rings. The quantitative estimate of drug-likeness (QED) is 0.738. The molecule has 28 heavy (non-hydrogen) atoms. The zero-order valence-corrected chi connectivity index (χ0v) is 15.5. The topological polar surface area (TPSA) is 90.9 Å². The van der Waals surface area contributed by atoms with E-state index in [2.05, 4.69) is 26.3 Å². The fourth-order valence-electron chi connectivity index (χ4n) is 3.66. The largest absolute Gasteiger partial charge is 0.382 e. The lowest BCUT2D eigenvalue weighted by atomic mass is 9.96.